The minimum Gasteiger partial charge on any atom is -0.356 e. The van der Waals surface area contributed by atoms with Crippen LogP contribution in [0.3, 0.4) is 0 Å². The Bertz CT molecular complexity index is 205. The van der Waals surface area contributed by atoms with Crippen molar-refractivity contribution in [1.82, 2.24) is 5.32 Å². The van der Waals surface area contributed by atoms with Crippen molar-refractivity contribution in [2.24, 2.45) is 4.99 Å². The number of hydrogen-bond donors (Lipinski definition) is 1. The molecule has 1 amide bonds. The molecule has 0 aromatic heterocycles. The molecule has 0 aliphatic heterocycles. The molecule has 0 unspecified atom stereocenters. The summed E-state index contributed by atoms with van der Waals surface area (Å²) in [6, 6.07) is 0. The van der Waals surface area contributed by atoms with E-state index in [0.29, 0.717) is 0 Å². The fraction of sp³-hybridized carbons (Fsp3) is 0.333. The predicted octanol–water partition coefficient (Wildman–Crippen LogP) is 1.28. The smallest absolute Gasteiger partial charge is 0.245 e. The lowest BCUT2D eigenvalue weighted by Gasteiger charge is -1.85. The molecule has 0 radical (unpaired) electrons. The van der Waals surface area contributed by atoms with E-state index in [1.165, 1.54) is 12.3 Å². The van der Waals surface area contributed by atoms with Gasteiger partial charge in [-0.25, -0.2) is 0 Å². The van der Waals surface area contributed by atoms with E-state index in [9.17, 15) is 4.79 Å². The summed E-state index contributed by atoms with van der Waals surface area (Å²) in [5, 5.41) is 2.45. The van der Waals surface area contributed by atoms with Crippen molar-refractivity contribution in [1.29, 1.82) is 0 Å². The molecule has 0 aliphatic rings. The number of amides is 1. The Kier molecular flexibility index (Phi) is 6.84. The minimum atomic E-state index is -0.147. The van der Waals surface area contributed by atoms with Crippen molar-refractivity contribution in [3.63, 3.8) is 0 Å². The normalized spacial score (nSPS) is 11.8. The third kappa shape index (κ3) is 6.74. The molecule has 0 fully saturated rings. The fourth-order valence-corrected chi connectivity index (χ4v) is 0.490. The van der Waals surface area contributed by atoms with Gasteiger partial charge in [0.2, 0.25) is 5.91 Å². The number of allylic oxidation sites excluding steroid dienone is 2. The molecule has 0 spiro atoms. The highest BCUT2D eigenvalue weighted by Gasteiger charge is 1.83. The van der Waals surface area contributed by atoms with Crippen molar-refractivity contribution in [2.75, 3.05) is 7.05 Å². The van der Waals surface area contributed by atoms with Gasteiger partial charge in [0.25, 0.3) is 0 Å². The molecule has 0 saturated heterocycles. The van der Waals surface area contributed by atoms with E-state index in [4.69, 9.17) is 0 Å². The van der Waals surface area contributed by atoms with E-state index < -0.39 is 0 Å². The van der Waals surface area contributed by atoms with Gasteiger partial charge in [-0.15, -0.1) is 0 Å². The second-order valence-electron chi connectivity index (χ2n) is 2.06. The standard InChI is InChI=1S/C9H14N2O/c1-3-4-5-7-11-8-6-9(12)10-2/h4-8H,3H2,1-2H3,(H,10,12)/b5-4?,8-6+,11-7?. The lowest BCUT2D eigenvalue weighted by atomic mass is 10.4. The number of carbonyl (C=O) groups is 1. The number of carbonyl (C=O) groups excluding carboxylic acids is 1. The van der Waals surface area contributed by atoms with Crippen LogP contribution in [0.15, 0.2) is 29.4 Å². The van der Waals surface area contributed by atoms with Crippen molar-refractivity contribution in [2.45, 2.75) is 13.3 Å². The topological polar surface area (TPSA) is 41.5 Å². The van der Waals surface area contributed by atoms with E-state index in [-0.39, 0.29) is 5.91 Å². The summed E-state index contributed by atoms with van der Waals surface area (Å²) in [5.41, 5.74) is 0. The second-order valence-corrected chi connectivity index (χ2v) is 2.06. The van der Waals surface area contributed by atoms with Crippen molar-refractivity contribution in [3.8, 4) is 0 Å². The summed E-state index contributed by atoms with van der Waals surface area (Å²) in [6.07, 6.45) is 9.29. The Balaban J connectivity index is 3.66. The van der Waals surface area contributed by atoms with Crippen molar-refractivity contribution < 1.29 is 4.79 Å². The fourth-order valence-electron chi connectivity index (χ4n) is 0.490. The number of rotatable bonds is 4. The van der Waals surface area contributed by atoms with E-state index >= 15 is 0 Å². The van der Waals surface area contributed by atoms with Crippen LogP contribution < -0.4 is 5.32 Å². The molecule has 3 nitrogen and oxygen atoms in total. The van der Waals surface area contributed by atoms with Gasteiger partial charge < -0.3 is 5.32 Å². The first kappa shape index (κ1) is 10.6. The van der Waals surface area contributed by atoms with Gasteiger partial charge in [-0.1, -0.05) is 13.0 Å². The van der Waals surface area contributed by atoms with E-state index in [1.54, 1.807) is 13.3 Å². The van der Waals surface area contributed by atoms with Crippen LogP contribution in [0.25, 0.3) is 0 Å². The van der Waals surface area contributed by atoms with Gasteiger partial charge in [0.1, 0.15) is 0 Å². The first-order valence-corrected chi connectivity index (χ1v) is 3.87. The maximum Gasteiger partial charge on any atom is 0.245 e. The third-order valence-corrected chi connectivity index (χ3v) is 1.10. The largest absolute Gasteiger partial charge is 0.356 e. The van der Waals surface area contributed by atoms with Crippen molar-refractivity contribution >= 4 is 12.1 Å². The summed E-state index contributed by atoms with van der Waals surface area (Å²) in [7, 11) is 1.58. The average molecular weight is 166 g/mol. The Morgan fingerprint density at radius 1 is 1.58 bits per heavy atom. The quantitative estimate of drug-likeness (QED) is 0.496. The number of hydrogen-bond acceptors (Lipinski definition) is 2. The molecular formula is C9H14N2O. The molecule has 3 heteroatoms. The van der Waals surface area contributed by atoms with Gasteiger partial charge in [-0.2, -0.15) is 0 Å². The molecule has 0 bridgehead atoms. The van der Waals surface area contributed by atoms with Gasteiger partial charge in [-0.3, -0.25) is 9.79 Å². The first-order valence-electron chi connectivity index (χ1n) is 3.87. The van der Waals surface area contributed by atoms with Gasteiger partial charge >= 0.3 is 0 Å². The molecule has 0 heterocycles. The highest BCUT2D eigenvalue weighted by molar-refractivity contribution is 5.87. The maximum absolute atomic E-state index is 10.6. The van der Waals surface area contributed by atoms with Crippen LogP contribution in [0.1, 0.15) is 13.3 Å². The van der Waals surface area contributed by atoms with Crippen LogP contribution >= 0.6 is 0 Å². The van der Waals surface area contributed by atoms with Crippen LogP contribution in [0.4, 0.5) is 0 Å². The van der Waals surface area contributed by atoms with Crippen molar-refractivity contribution in [3.05, 3.63) is 24.4 Å². The van der Waals surface area contributed by atoms with Crippen LogP contribution in [0.2, 0.25) is 0 Å². The van der Waals surface area contributed by atoms with Gasteiger partial charge in [0.15, 0.2) is 0 Å². The first-order chi connectivity index (χ1) is 5.81. The maximum atomic E-state index is 10.6. The zero-order valence-electron chi connectivity index (χ0n) is 7.45. The molecule has 0 aromatic rings. The Morgan fingerprint density at radius 2 is 2.33 bits per heavy atom. The predicted molar refractivity (Wildman–Crippen MR) is 51.1 cm³/mol. The number of nitrogens with zero attached hydrogens (tertiary/aromatic N) is 1. The van der Waals surface area contributed by atoms with Gasteiger partial charge in [-0.05, 0) is 12.5 Å². The zero-order valence-corrected chi connectivity index (χ0v) is 7.45. The molecule has 66 valence electrons. The highest BCUT2D eigenvalue weighted by atomic mass is 16.1. The van der Waals surface area contributed by atoms with E-state index in [2.05, 4.69) is 10.3 Å². The summed E-state index contributed by atoms with van der Waals surface area (Å²) in [6.45, 7) is 2.05. The lowest BCUT2D eigenvalue weighted by Crippen LogP contribution is -2.13. The van der Waals surface area contributed by atoms with Gasteiger partial charge in [0, 0.05) is 25.5 Å². The van der Waals surface area contributed by atoms with Crippen LogP contribution in [0.5, 0.6) is 0 Å². The number of aliphatic imine (C=N–C) groups is 1. The summed E-state index contributed by atoms with van der Waals surface area (Å²) in [5.74, 6) is -0.147. The average Bonchev–Trinajstić information content (AvgIpc) is 2.10. The molecule has 0 saturated carbocycles. The SMILES string of the molecule is CCC=CC=N/C=C/C(=O)NC. The second kappa shape index (κ2) is 7.72. The molecule has 0 aliphatic carbocycles. The summed E-state index contributed by atoms with van der Waals surface area (Å²) >= 11 is 0. The Hall–Kier alpha value is -1.38. The van der Waals surface area contributed by atoms with Crippen LogP contribution in [-0.2, 0) is 4.79 Å². The number of likely N-dealkylation sites (N-methyl/N-ethyl adjacent to an activating group) is 1. The van der Waals surface area contributed by atoms with Crippen LogP contribution in [-0.4, -0.2) is 19.2 Å². The monoisotopic (exact) mass is 166 g/mol. The third-order valence-electron chi connectivity index (χ3n) is 1.10. The zero-order chi connectivity index (χ0) is 9.23. The van der Waals surface area contributed by atoms with E-state index in [0.717, 1.165) is 6.42 Å². The van der Waals surface area contributed by atoms with E-state index in [1.807, 2.05) is 19.1 Å². The molecular weight excluding hydrogens is 152 g/mol. The minimum absolute atomic E-state index is 0.147. The molecule has 0 aromatic carbocycles. The Labute approximate surface area is 72.9 Å². The Morgan fingerprint density at radius 3 is 2.92 bits per heavy atom. The molecule has 0 rings (SSSR count). The number of nitrogens with one attached hydrogen (secondary N) is 1. The van der Waals surface area contributed by atoms with Crippen LogP contribution in [0, 0.1) is 0 Å². The summed E-state index contributed by atoms with van der Waals surface area (Å²) in [4.78, 5) is 14.5. The molecule has 0 atom stereocenters. The molecule has 12 heavy (non-hydrogen) atoms. The molecule has 1 N–H and O–H groups in total. The lowest BCUT2D eigenvalue weighted by molar-refractivity contribution is -0.116. The highest BCUT2D eigenvalue weighted by Crippen LogP contribution is 1.78. The summed E-state index contributed by atoms with van der Waals surface area (Å²) < 4.78 is 0. The van der Waals surface area contributed by atoms with Gasteiger partial charge in [0.05, 0.1) is 0 Å².